The van der Waals surface area contributed by atoms with Crippen LogP contribution in [0.1, 0.15) is 44.9 Å². The summed E-state index contributed by atoms with van der Waals surface area (Å²) < 4.78 is 16.6. The lowest BCUT2D eigenvalue weighted by molar-refractivity contribution is 0.00582. The van der Waals surface area contributed by atoms with E-state index in [1.165, 1.54) is 14.0 Å². The van der Waals surface area contributed by atoms with Crippen molar-refractivity contribution in [2.75, 3.05) is 52.3 Å². The van der Waals surface area contributed by atoms with E-state index in [1.54, 1.807) is 48.4 Å². The SMILES string of the molecule is COC(=O)c1ccc(CO[C@H](CN2CCN(C(=O)Nc3cccc(C(C)=O)c3)CC2)c2cccc(OC)c2)cc1. The molecule has 3 aromatic rings. The van der Waals surface area contributed by atoms with Crippen molar-refractivity contribution in [3.63, 3.8) is 0 Å². The summed E-state index contributed by atoms with van der Waals surface area (Å²) in [7, 11) is 3.00. The van der Waals surface area contributed by atoms with Gasteiger partial charge in [-0.05, 0) is 54.4 Å². The minimum Gasteiger partial charge on any atom is -0.497 e. The summed E-state index contributed by atoms with van der Waals surface area (Å²) >= 11 is 0. The van der Waals surface area contributed by atoms with Gasteiger partial charge in [0.1, 0.15) is 5.75 Å². The van der Waals surface area contributed by atoms with Gasteiger partial charge < -0.3 is 24.4 Å². The zero-order chi connectivity index (χ0) is 28.5. The number of piperazine rings is 1. The molecule has 3 aromatic carbocycles. The van der Waals surface area contributed by atoms with Crippen molar-refractivity contribution in [1.29, 1.82) is 0 Å². The van der Waals surface area contributed by atoms with Gasteiger partial charge in [-0.2, -0.15) is 0 Å². The van der Waals surface area contributed by atoms with E-state index >= 15 is 0 Å². The first-order valence-electron chi connectivity index (χ1n) is 13.2. The average Bonchev–Trinajstić information content (AvgIpc) is 2.99. The molecule has 0 aliphatic carbocycles. The predicted molar refractivity (Wildman–Crippen MR) is 152 cm³/mol. The summed E-state index contributed by atoms with van der Waals surface area (Å²) in [6, 6.07) is 21.8. The third-order valence-electron chi connectivity index (χ3n) is 6.90. The summed E-state index contributed by atoms with van der Waals surface area (Å²) in [5, 5.41) is 2.90. The van der Waals surface area contributed by atoms with Crippen LogP contribution in [0.2, 0.25) is 0 Å². The molecule has 1 N–H and O–H groups in total. The minimum absolute atomic E-state index is 0.0456. The number of rotatable bonds is 10. The molecule has 210 valence electrons. The van der Waals surface area contributed by atoms with E-state index in [0.29, 0.717) is 56.1 Å². The summed E-state index contributed by atoms with van der Waals surface area (Å²) in [6.45, 7) is 5.03. The third kappa shape index (κ3) is 7.68. The van der Waals surface area contributed by atoms with Crippen molar-refractivity contribution < 1.29 is 28.6 Å². The Bertz CT molecular complexity index is 1320. The van der Waals surface area contributed by atoms with Gasteiger partial charge in [-0.1, -0.05) is 36.4 Å². The molecule has 0 radical (unpaired) electrons. The number of amides is 2. The number of benzene rings is 3. The Morgan fingerprint density at radius 3 is 2.27 bits per heavy atom. The average molecular weight is 546 g/mol. The van der Waals surface area contributed by atoms with E-state index in [0.717, 1.165) is 16.9 Å². The number of carbonyl (C=O) groups excluding carboxylic acids is 3. The molecule has 2 amide bonds. The maximum atomic E-state index is 12.9. The van der Waals surface area contributed by atoms with Crippen LogP contribution in [0.3, 0.4) is 0 Å². The largest absolute Gasteiger partial charge is 0.497 e. The Balaban J connectivity index is 1.37. The van der Waals surface area contributed by atoms with Crippen molar-refractivity contribution >= 4 is 23.5 Å². The highest BCUT2D eigenvalue weighted by Crippen LogP contribution is 2.25. The van der Waals surface area contributed by atoms with E-state index < -0.39 is 0 Å². The molecule has 0 bridgehead atoms. The van der Waals surface area contributed by atoms with Crippen LogP contribution in [0, 0.1) is 0 Å². The number of nitrogens with one attached hydrogen (secondary N) is 1. The van der Waals surface area contributed by atoms with Crippen molar-refractivity contribution in [2.45, 2.75) is 19.6 Å². The molecule has 0 unspecified atom stereocenters. The number of Topliss-reactive ketones (excluding diaryl/α,β-unsaturated/α-hetero) is 1. The Hall–Kier alpha value is -4.21. The van der Waals surface area contributed by atoms with Crippen molar-refractivity contribution in [3.05, 3.63) is 95.1 Å². The maximum Gasteiger partial charge on any atom is 0.337 e. The highest BCUT2D eigenvalue weighted by atomic mass is 16.5. The van der Waals surface area contributed by atoms with E-state index in [-0.39, 0.29) is 23.9 Å². The second-order valence-corrected chi connectivity index (χ2v) is 9.62. The second kappa shape index (κ2) is 13.7. The van der Waals surface area contributed by atoms with Gasteiger partial charge in [0.15, 0.2) is 5.78 Å². The summed E-state index contributed by atoms with van der Waals surface area (Å²) in [6.07, 6.45) is -0.231. The Morgan fingerprint density at radius 2 is 1.60 bits per heavy atom. The number of esters is 1. The molecule has 1 aliphatic heterocycles. The normalized spacial score (nSPS) is 14.3. The fourth-order valence-corrected chi connectivity index (χ4v) is 4.53. The Kier molecular flexibility index (Phi) is 9.88. The molecule has 1 aliphatic rings. The molecule has 9 nitrogen and oxygen atoms in total. The smallest absolute Gasteiger partial charge is 0.337 e. The maximum absolute atomic E-state index is 12.9. The zero-order valence-electron chi connectivity index (χ0n) is 23.1. The minimum atomic E-state index is -0.376. The highest BCUT2D eigenvalue weighted by Gasteiger charge is 2.25. The fourth-order valence-electron chi connectivity index (χ4n) is 4.53. The lowest BCUT2D eigenvalue weighted by atomic mass is 10.1. The van der Waals surface area contributed by atoms with Gasteiger partial charge in [-0.25, -0.2) is 9.59 Å². The number of anilines is 1. The standard InChI is InChI=1S/C31H35N3O6/c1-22(35)25-6-4-8-27(18-25)32-31(37)34-16-14-33(15-17-34)20-29(26-7-5-9-28(19-26)38-2)40-21-23-10-12-24(13-11-23)30(36)39-3/h4-13,18-19,29H,14-17,20-21H2,1-3H3,(H,32,37)/t29-/m1/s1. The van der Waals surface area contributed by atoms with Gasteiger partial charge in [0.05, 0.1) is 32.5 Å². The number of ether oxygens (including phenoxy) is 3. The van der Waals surface area contributed by atoms with E-state index in [2.05, 4.69) is 10.2 Å². The van der Waals surface area contributed by atoms with Crippen LogP contribution in [0.4, 0.5) is 10.5 Å². The van der Waals surface area contributed by atoms with Gasteiger partial charge in [0.25, 0.3) is 0 Å². The van der Waals surface area contributed by atoms with E-state index in [1.807, 2.05) is 36.4 Å². The number of hydrogen-bond acceptors (Lipinski definition) is 7. The molecule has 1 fully saturated rings. The summed E-state index contributed by atoms with van der Waals surface area (Å²) in [5.41, 5.74) is 3.59. The molecule has 40 heavy (non-hydrogen) atoms. The number of urea groups is 1. The van der Waals surface area contributed by atoms with Crippen LogP contribution in [-0.4, -0.2) is 74.5 Å². The molecule has 0 saturated carbocycles. The molecule has 9 heteroatoms. The monoisotopic (exact) mass is 545 g/mol. The number of methoxy groups -OCH3 is 2. The topological polar surface area (TPSA) is 97.4 Å². The first-order valence-corrected chi connectivity index (χ1v) is 13.2. The van der Waals surface area contributed by atoms with Crippen LogP contribution < -0.4 is 10.1 Å². The number of hydrogen-bond donors (Lipinski definition) is 1. The lowest BCUT2D eigenvalue weighted by Crippen LogP contribution is -2.50. The van der Waals surface area contributed by atoms with Crippen LogP contribution in [0.15, 0.2) is 72.8 Å². The predicted octanol–water partition coefficient (Wildman–Crippen LogP) is 4.79. The Morgan fingerprint density at radius 1 is 0.875 bits per heavy atom. The summed E-state index contributed by atoms with van der Waals surface area (Å²) in [5.74, 6) is 0.332. The number of nitrogens with zero attached hydrogens (tertiary/aromatic N) is 2. The van der Waals surface area contributed by atoms with Gasteiger partial charge in [-0.15, -0.1) is 0 Å². The first kappa shape index (κ1) is 28.8. The van der Waals surface area contributed by atoms with Crippen LogP contribution in [0.25, 0.3) is 0 Å². The highest BCUT2D eigenvalue weighted by molar-refractivity contribution is 5.96. The molecule has 4 rings (SSSR count). The number of carbonyl (C=O) groups is 3. The van der Waals surface area contributed by atoms with E-state index in [9.17, 15) is 14.4 Å². The molecule has 0 spiro atoms. The van der Waals surface area contributed by atoms with Crippen LogP contribution >= 0.6 is 0 Å². The molecular formula is C31H35N3O6. The Labute approximate surface area is 234 Å². The second-order valence-electron chi connectivity index (χ2n) is 9.62. The molecule has 1 heterocycles. The summed E-state index contributed by atoms with van der Waals surface area (Å²) in [4.78, 5) is 40.3. The van der Waals surface area contributed by atoms with E-state index in [4.69, 9.17) is 14.2 Å². The van der Waals surface area contributed by atoms with Crippen molar-refractivity contribution in [1.82, 2.24) is 9.80 Å². The fraction of sp³-hybridized carbons (Fsp3) is 0.323. The molecule has 0 aromatic heterocycles. The van der Waals surface area contributed by atoms with Gasteiger partial charge in [0, 0.05) is 44.0 Å². The third-order valence-corrected chi connectivity index (χ3v) is 6.90. The quantitative estimate of drug-likeness (QED) is 0.289. The van der Waals surface area contributed by atoms with Gasteiger partial charge >= 0.3 is 12.0 Å². The zero-order valence-corrected chi connectivity index (χ0v) is 23.1. The van der Waals surface area contributed by atoms with Crippen molar-refractivity contribution in [2.24, 2.45) is 0 Å². The van der Waals surface area contributed by atoms with Gasteiger partial charge in [-0.3, -0.25) is 9.69 Å². The lowest BCUT2D eigenvalue weighted by Gasteiger charge is -2.36. The molecular weight excluding hydrogens is 510 g/mol. The van der Waals surface area contributed by atoms with Crippen LogP contribution in [0.5, 0.6) is 5.75 Å². The first-order chi connectivity index (χ1) is 19.4. The van der Waals surface area contributed by atoms with Gasteiger partial charge in [0.2, 0.25) is 0 Å². The molecule has 1 atom stereocenters. The molecule has 1 saturated heterocycles. The number of ketones is 1. The van der Waals surface area contributed by atoms with Crippen LogP contribution in [-0.2, 0) is 16.1 Å². The van der Waals surface area contributed by atoms with Crippen molar-refractivity contribution in [3.8, 4) is 5.75 Å².